The molecule has 2 unspecified atom stereocenters. The minimum absolute atomic E-state index is 0.202. The summed E-state index contributed by atoms with van der Waals surface area (Å²) in [5, 5.41) is 4.37. The molecule has 6 heteroatoms. The molecule has 1 aromatic rings. The zero-order valence-electron chi connectivity index (χ0n) is 12.7. The molecule has 0 aliphatic heterocycles. The van der Waals surface area contributed by atoms with E-state index in [4.69, 9.17) is 4.74 Å². The van der Waals surface area contributed by atoms with E-state index in [1.54, 1.807) is 30.4 Å². The highest BCUT2D eigenvalue weighted by Gasteiger charge is 2.36. The first-order chi connectivity index (χ1) is 9.37. The molecule has 20 heavy (non-hydrogen) atoms. The standard InChI is InChI=1S/C14H23N3O2S/c1-10(2)17-14(4,13(18)19-5)8-11(3)20-12-9-15-6-7-16-12/h6-7,9-11,17H,8H2,1-5H3. The van der Waals surface area contributed by atoms with Gasteiger partial charge in [0.2, 0.25) is 0 Å². The second-order valence-corrected chi connectivity index (χ2v) is 6.76. The lowest BCUT2D eigenvalue weighted by Crippen LogP contribution is -2.54. The third-order valence-electron chi connectivity index (χ3n) is 2.80. The van der Waals surface area contributed by atoms with E-state index in [1.807, 2.05) is 20.8 Å². The van der Waals surface area contributed by atoms with Crippen LogP contribution in [0.1, 0.15) is 34.1 Å². The molecule has 1 N–H and O–H groups in total. The smallest absolute Gasteiger partial charge is 0.325 e. The third kappa shape index (κ3) is 5.09. The van der Waals surface area contributed by atoms with Crippen molar-refractivity contribution >= 4 is 17.7 Å². The molecule has 0 radical (unpaired) electrons. The number of carbonyl (C=O) groups is 1. The van der Waals surface area contributed by atoms with Gasteiger partial charge in [0.05, 0.1) is 13.3 Å². The number of hydrogen-bond donors (Lipinski definition) is 1. The van der Waals surface area contributed by atoms with Crippen molar-refractivity contribution in [2.24, 2.45) is 0 Å². The van der Waals surface area contributed by atoms with Gasteiger partial charge in [-0.25, -0.2) is 4.98 Å². The molecule has 5 nitrogen and oxygen atoms in total. The largest absolute Gasteiger partial charge is 0.468 e. The van der Waals surface area contributed by atoms with E-state index in [0.29, 0.717) is 6.42 Å². The van der Waals surface area contributed by atoms with Crippen LogP contribution in [0.3, 0.4) is 0 Å². The molecule has 0 saturated carbocycles. The van der Waals surface area contributed by atoms with Crippen molar-refractivity contribution in [1.29, 1.82) is 0 Å². The molecule has 0 saturated heterocycles. The van der Waals surface area contributed by atoms with Gasteiger partial charge in [-0.3, -0.25) is 15.1 Å². The number of carbonyl (C=O) groups excluding carboxylic acids is 1. The number of methoxy groups -OCH3 is 1. The van der Waals surface area contributed by atoms with Crippen molar-refractivity contribution in [3.05, 3.63) is 18.6 Å². The lowest BCUT2D eigenvalue weighted by atomic mass is 9.95. The fraction of sp³-hybridized carbons (Fsp3) is 0.643. The topological polar surface area (TPSA) is 64.1 Å². The molecule has 112 valence electrons. The average Bonchev–Trinajstić information content (AvgIpc) is 2.37. The summed E-state index contributed by atoms with van der Waals surface area (Å²) in [5.41, 5.74) is -0.697. The summed E-state index contributed by atoms with van der Waals surface area (Å²) in [5.74, 6) is -0.238. The van der Waals surface area contributed by atoms with Gasteiger partial charge in [0.1, 0.15) is 10.6 Å². The van der Waals surface area contributed by atoms with Gasteiger partial charge in [-0.15, -0.1) is 11.8 Å². The lowest BCUT2D eigenvalue weighted by Gasteiger charge is -2.32. The summed E-state index contributed by atoms with van der Waals surface area (Å²) >= 11 is 1.60. The van der Waals surface area contributed by atoms with E-state index in [0.717, 1.165) is 5.03 Å². The van der Waals surface area contributed by atoms with Gasteiger partial charge in [-0.05, 0) is 27.2 Å². The van der Waals surface area contributed by atoms with Gasteiger partial charge in [-0.2, -0.15) is 0 Å². The van der Waals surface area contributed by atoms with Gasteiger partial charge < -0.3 is 4.74 Å². The van der Waals surface area contributed by atoms with Crippen LogP contribution in [0.4, 0.5) is 0 Å². The summed E-state index contributed by atoms with van der Waals surface area (Å²) in [6.45, 7) is 7.98. The van der Waals surface area contributed by atoms with Gasteiger partial charge in [0.25, 0.3) is 0 Å². The highest BCUT2D eigenvalue weighted by atomic mass is 32.2. The second kappa shape index (κ2) is 7.59. The van der Waals surface area contributed by atoms with E-state index >= 15 is 0 Å². The number of nitrogens with zero attached hydrogens (tertiary/aromatic N) is 2. The Kier molecular flexibility index (Phi) is 6.42. The molecule has 1 rings (SSSR count). The Balaban J connectivity index is 2.71. The number of hydrogen-bond acceptors (Lipinski definition) is 6. The molecule has 1 heterocycles. The highest BCUT2D eigenvalue weighted by Crippen LogP contribution is 2.27. The fourth-order valence-corrected chi connectivity index (χ4v) is 3.30. The van der Waals surface area contributed by atoms with Crippen molar-refractivity contribution in [1.82, 2.24) is 15.3 Å². The van der Waals surface area contributed by atoms with Crippen LogP contribution >= 0.6 is 11.8 Å². The first kappa shape index (κ1) is 16.9. The van der Waals surface area contributed by atoms with Crippen molar-refractivity contribution < 1.29 is 9.53 Å². The number of thioether (sulfide) groups is 1. The Morgan fingerprint density at radius 3 is 2.65 bits per heavy atom. The number of rotatable bonds is 7. The Labute approximate surface area is 124 Å². The maximum absolute atomic E-state index is 12.0. The Bertz CT molecular complexity index is 428. The number of ether oxygens (including phenoxy) is 1. The van der Waals surface area contributed by atoms with Gasteiger partial charge in [-0.1, -0.05) is 6.92 Å². The minimum atomic E-state index is -0.697. The van der Waals surface area contributed by atoms with E-state index in [-0.39, 0.29) is 17.3 Å². The molecule has 0 fully saturated rings. The predicted molar refractivity (Wildman–Crippen MR) is 80.7 cm³/mol. The summed E-state index contributed by atoms with van der Waals surface area (Å²) < 4.78 is 4.93. The van der Waals surface area contributed by atoms with Crippen LogP contribution in [-0.2, 0) is 9.53 Å². The maximum Gasteiger partial charge on any atom is 0.325 e. The SMILES string of the molecule is COC(=O)C(C)(CC(C)Sc1cnccn1)NC(C)C. The van der Waals surface area contributed by atoms with E-state index < -0.39 is 5.54 Å². The van der Waals surface area contributed by atoms with E-state index in [1.165, 1.54) is 7.11 Å². The summed E-state index contributed by atoms with van der Waals surface area (Å²) in [6.07, 6.45) is 5.69. The van der Waals surface area contributed by atoms with Crippen LogP contribution in [0.2, 0.25) is 0 Å². The van der Waals surface area contributed by atoms with E-state index in [2.05, 4.69) is 22.2 Å². The molecular formula is C14H23N3O2S. The summed E-state index contributed by atoms with van der Waals surface area (Å²) in [6, 6.07) is 0.202. The van der Waals surface area contributed by atoms with Crippen molar-refractivity contribution in [3.63, 3.8) is 0 Å². The Morgan fingerprint density at radius 1 is 1.45 bits per heavy atom. The zero-order valence-corrected chi connectivity index (χ0v) is 13.5. The van der Waals surface area contributed by atoms with Crippen molar-refractivity contribution in [2.75, 3.05) is 7.11 Å². The van der Waals surface area contributed by atoms with Gasteiger partial charge in [0.15, 0.2) is 0 Å². The monoisotopic (exact) mass is 297 g/mol. The fourth-order valence-electron chi connectivity index (χ4n) is 2.23. The van der Waals surface area contributed by atoms with Gasteiger partial charge >= 0.3 is 5.97 Å². The van der Waals surface area contributed by atoms with Gasteiger partial charge in [0, 0.05) is 23.7 Å². The molecule has 0 aliphatic rings. The normalized spacial score (nSPS) is 15.7. The van der Waals surface area contributed by atoms with Crippen LogP contribution < -0.4 is 5.32 Å². The second-order valence-electron chi connectivity index (χ2n) is 5.30. The molecule has 0 bridgehead atoms. The van der Waals surface area contributed by atoms with Crippen LogP contribution in [-0.4, -0.2) is 39.9 Å². The van der Waals surface area contributed by atoms with Crippen LogP contribution in [0.25, 0.3) is 0 Å². The van der Waals surface area contributed by atoms with E-state index in [9.17, 15) is 4.79 Å². The molecule has 0 amide bonds. The zero-order chi connectivity index (χ0) is 15.2. The molecule has 2 atom stereocenters. The Morgan fingerprint density at radius 2 is 2.15 bits per heavy atom. The maximum atomic E-state index is 12.0. The minimum Gasteiger partial charge on any atom is -0.468 e. The van der Waals surface area contributed by atoms with Crippen molar-refractivity contribution in [2.45, 2.75) is 56.0 Å². The first-order valence-corrected chi connectivity index (χ1v) is 7.54. The Hall–Kier alpha value is -1.14. The highest BCUT2D eigenvalue weighted by molar-refractivity contribution is 7.99. The number of esters is 1. The predicted octanol–water partition coefficient (Wildman–Crippen LogP) is 2.28. The average molecular weight is 297 g/mol. The quantitative estimate of drug-likeness (QED) is 0.615. The molecule has 1 aromatic heterocycles. The molecule has 0 aromatic carbocycles. The summed E-state index contributed by atoms with van der Waals surface area (Å²) in [7, 11) is 1.42. The number of aromatic nitrogens is 2. The number of nitrogens with one attached hydrogen (secondary N) is 1. The molecule has 0 spiro atoms. The van der Waals surface area contributed by atoms with Crippen LogP contribution in [0, 0.1) is 0 Å². The van der Waals surface area contributed by atoms with Crippen LogP contribution in [0.15, 0.2) is 23.6 Å². The molecule has 0 aliphatic carbocycles. The first-order valence-electron chi connectivity index (χ1n) is 6.66. The summed E-state index contributed by atoms with van der Waals surface area (Å²) in [4.78, 5) is 20.3. The lowest BCUT2D eigenvalue weighted by molar-refractivity contribution is -0.148. The third-order valence-corrected chi connectivity index (χ3v) is 3.82. The molecular weight excluding hydrogens is 274 g/mol. The van der Waals surface area contributed by atoms with Crippen LogP contribution in [0.5, 0.6) is 0 Å². The van der Waals surface area contributed by atoms with Crippen molar-refractivity contribution in [3.8, 4) is 0 Å².